The zero-order valence-electron chi connectivity index (χ0n) is 28.4. The van der Waals surface area contributed by atoms with Crippen LogP contribution in [0.5, 0.6) is 0 Å². The van der Waals surface area contributed by atoms with Gasteiger partial charge in [0.05, 0.1) is 0 Å². The molecule has 244 valence electrons. The molecule has 0 aliphatic carbocycles. The fourth-order valence-corrected chi connectivity index (χ4v) is 7.78. The zero-order chi connectivity index (χ0) is 34.4. The molecule has 0 radical (unpaired) electrons. The number of anilines is 3. The molecule has 0 bridgehead atoms. The normalized spacial score (nSPS) is 11.5. The van der Waals surface area contributed by atoms with Gasteiger partial charge in [-0.15, -0.1) is 0 Å². The van der Waals surface area contributed by atoms with Gasteiger partial charge in [-0.2, -0.15) is 0 Å². The molecule has 2 heteroatoms. The maximum Gasteiger partial charge on any atom is 0.135 e. The molecule has 0 aliphatic heterocycles. The van der Waals surface area contributed by atoms with Crippen LogP contribution in [0.2, 0.25) is 0 Å². The summed E-state index contributed by atoms with van der Waals surface area (Å²) in [7, 11) is 0. The first-order valence-corrected chi connectivity index (χ1v) is 17.8. The minimum atomic E-state index is 0.882. The van der Waals surface area contributed by atoms with E-state index in [2.05, 4.69) is 193 Å². The van der Waals surface area contributed by atoms with Gasteiger partial charge in [-0.3, -0.25) is 0 Å². The van der Waals surface area contributed by atoms with Crippen LogP contribution in [0.15, 0.2) is 205 Å². The van der Waals surface area contributed by atoms with Crippen molar-refractivity contribution >= 4 is 60.5 Å². The maximum atomic E-state index is 6.25. The van der Waals surface area contributed by atoms with E-state index in [4.69, 9.17) is 4.42 Å². The van der Waals surface area contributed by atoms with Crippen LogP contribution in [0.25, 0.3) is 76.9 Å². The van der Waals surface area contributed by atoms with E-state index >= 15 is 0 Å². The number of hydrogen-bond donors (Lipinski definition) is 0. The molecule has 0 unspecified atom stereocenters. The van der Waals surface area contributed by atoms with Gasteiger partial charge in [0.15, 0.2) is 0 Å². The van der Waals surface area contributed by atoms with Gasteiger partial charge in [0.1, 0.15) is 11.2 Å². The molecule has 0 fully saturated rings. The molecule has 0 saturated heterocycles. The predicted molar refractivity (Wildman–Crippen MR) is 220 cm³/mol. The fraction of sp³-hybridized carbons (Fsp3) is 0. The first kappa shape index (κ1) is 30.0. The standard InChI is InChI=1S/C50H33NO/c1-3-13-34(14-4-1)42-29-27-39(32-47(42)35-15-5-2-6-16-35)51(40-28-30-50-48(33-40)45-21-11-12-22-49(45)52-50)38-25-23-36(24-26-38)46-31-37-17-7-8-18-41(37)43-19-9-10-20-44(43)46/h1-33H. The largest absolute Gasteiger partial charge is 0.456 e. The third kappa shape index (κ3) is 5.12. The Labute approximate surface area is 302 Å². The monoisotopic (exact) mass is 663 g/mol. The summed E-state index contributed by atoms with van der Waals surface area (Å²) in [5, 5.41) is 7.26. The average Bonchev–Trinajstić information content (AvgIpc) is 3.60. The summed E-state index contributed by atoms with van der Waals surface area (Å²) in [5.74, 6) is 0. The van der Waals surface area contributed by atoms with Crippen molar-refractivity contribution in [2.75, 3.05) is 4.90 Å². The van der Waals surface area contributed by atoms with E-state index in [9.17, 15) is 0 Å². The van der Waals surface area contributed by atoms with Gasteiger partial charge in [-0.1, -0.05) is 146 Å². The molecular weight excluding hydrogens is 631 g/mol. The highest BCUT2D eigenvalue weighted by atomic mass is 16.3. The lowest BCUT2D eigenvalue weighted by Gasteiger charge is -2.27. The van der Waals surface area contributed by atoms with Gasteiger partial charge in [-0.05, 0) is 110 Å². The Morgan fingerprint density at radius 3 is 1.60 bits per heavy atom. The molecular formula is C50H33NO. The topological polar surface area (TPSA) is 16.4 Å². The summed E-state index contributed by atoms with van der Waals surface area (Å²) < 4.78 is 6.25. The number of furan rings is 1. The van der Waals surface area contributed by atoms with E-state index in [1.54, 1.807) is 0 Å². The van der Waals surface area contributed by atoms with Crippen LogP contribution >= 0.6 is 0 Å². The van der Waals surface area contributed by atoms with E-state index < -0.39 is 0 Å². The van der Waals surface area contributed by atoms with Crippen molar-refractivity contribution < 1.29 is 4.42 Å². The Balaban J connectivity index is 1.17. The van der Waals surface area contributed by atoms with E-state index in [1.807, 2.05) is 12.1 Å². The molecule has 10 rings (SSSR count). The second-order valence-corrected chi connectivity index (χ2v) is 13.3. The lowest BCUT2D eigenvalue weighted by molar-refractivity contribution is 0.669. The quantitative estimate of drug-likeness (QED) is 0.165. The van der Waals surface area contributed by atoms with Gasteiger partial charge in [0.2, 0.25) is 0 Å². The van der Waals surface area contributed by atoms with E-state index in [-0.39, 0.29) is 0 Å². The lowest BCUT2D eigenvalue weighted by atomic mass is 9.93. The summed E-state index contributed by atoms with van der Waals surface area (Å²) >= 11 is 0. The van der Waals surface area contributed by atoms with Gasteiger partial charge < -0.3 is 9.32 Å². The van der Waals surface area contributed by atoms with Gasteiger partial charge in [0.25, 0.3) is 0 Å². The second kappa shape index (κ2) is 12.5. The van der Waals surface area contributed by atoms with Crippen molar-refractivity contribution in [2.45, 2.75) is 0 Å². The number of hydrogen-bond acceptors (Lipinski definition) is 2. The molecule has 52 heavy (non-hydrogen) atoms. The average molecular weight is 664 g/mol. The van der Waals surface area contributed by atoms with Gasteiger partial charge >= 0.3 is 0 Å². The van der Waals surface area contributed by atoms with Crippen LogP contribution in [0.1, 0.15) is 0 Å². The summed E-state index contributed by atoms with van der Waals surface area (Å²) in [4.78, 5) is 2.37. The first-order valence-electron chi connectivity index (χ1n) is 17.8. The Bertz CT molecular complexity index is 2890. The maximum absolute atomic E-state index is 6.25. The first-order chi connectivity index (χ1) is 25.8. The van der Waals surface area contributed by atoms with Crippen LogP contribution in [-0.4, -0.2) is 0 Å². The molecule has 0 aliphatic rings. The Morgan fingerprint density at radius 1 is 0.288 bits per heavy atom. The summed E-state index contributed by atoms with van der Waals surface area (Å²) in [6.45, 7) is 0. The molecule has 2 nitrogen and oxygen atoms in total. The smallest absolute Gasteiger partial charge is 0.135 e. The van der Waals surface area contributed by atoms with Crippen LogP contribution in [0.4, 0.5) is 17.1 Å². The van der Waals surface area contributed by atoms with E-state index in [0.29, 0.717) is 0 Å². The van der Waals surface area contributed by atoms with Gasteiger partial charge in [0, 0.05) is 27.8 Å². The summed E-state index contributed by atoms with van der Waals surface area (Å²) in [5.41, 5.74) is 12.2. The number of fused-ring (bicyclic) bond motifs is 6. The van der Waals surface area contributed by atoms with Crippen molar-refractivity contribution in [2.24, 2.45) is 0 Å². The van der Waals surface area contributed by atoms with Crippen molar-refractivity contribution in [3.8, 4) is 33.4 Å². The zero-order valence-corrected chi connectivity index (χ0v) is 28.4. The van der Waals surface area contributed by atoms with Crippen molar-refractivity contribution in [1.82, 2.24) is 0 Å². The lowest BCUT2D eigenvalue weighted by Crippen LogP contribution is -2.10. The number of nitrogens with zero attached hydrogens (tertiary/aromatic N) is 1. The molecule has 9 aromatic carbocycles. The SMILES string of the molecule is c1ccc(-c2ccc(N(c3ccc(-c4cc5ccccc5c5ccccc45)cc3)c3ccc4oc5ccccc5c4c3)cc2-c2ccccc2)cc1. The highest BCUT2D eigenvalue weighted by molar-refractivity contribution is 6.14. The summed E-state index contributed by atoms with van der Waals surface area (Å²) in [6.07, 6.45) is 0. The van der Waals surface area contributed by atoms with Crippen molar-refractivity contribution in [1.29, 1.82) is 0 Å². The third-order valence-electron chi connectivity index (χ3n) is 10.3. The number of benzene rings is 9. The molecule has 0 N–H and O–H groups in total. The van der Waals surface area contributed by atoms with E-state index in [0.717, 1.165) is 39.0 Å². The predicted octanol–water partition coefficient (Wildman–Crippen LogP) is 14.4. The van der Waals surface area contributed by atoms with Gasteiger partial charge in [-0.25, -0.2) is 0 Å². The summed E-state index contributed by atoms with van der Waals surface area (Å²) in [6, 6.07) is 71.8. The molecule has 1 aromatic heterocycles. The van der Waals surface area contributed by atoms with Crippen LogP contribution in [-0.2, 0) is 0 Å². The van der Waals surface area contributed by atoms with Crippen LogP contribution in [0.3, 0.4) is 0 Å². The Morgan fingerprint density at radius 2 is 0.827 bits per heavy atom. The number of rotatable bonds is 6. The molecule has 1 heterocycles. The second-order valence-electron chi connectivity index (χ2n) is 13.3. The third-order valence-corrected chi connectivity index (χ3v) is 10.3. The van der Waals surface area contributed by atoms with Crippen LogP contribution < -0.4 is 4.90 Å². The Hall–Kier alpha value is -6.90. The molecule has 10 aromatic rings. The molecule has 0 atom stereocenters. The van der Waals surface area contributed by atoms with E-state index in [1.165, 1.54) is 54.9 Å². The minimum absolute atomic E-state index is 0.882. The van der Waals surface area contributed by atoms with Crippen molar-refractivity contribution in [3.63, 3.8) is 0 Å². The Kier molecular flexibility index (Phi) is 7.18. The number of para-hydroxylation sites is 1. The molecule has 0 saturated carbocycles. The molecule has 0 spiro atoms. The highest BCUT2D eigenvalue weighted by Gasteiger charge is 2.19. The minimum Gasteiger partial charge on any atom is -0.456 e. The van der Waals surface area contributed by atoms with Crippen molar-refractivity contribution in [3.05, 3.63) is 200 Å². The highest BCUT2D eigenvalue weighted by Crippen LogP contribution is 2.43. The fourth-order valence-electron chi connectivity index (χ4n) is 7.78. The molecule has 0 amide bonds. The van der Waals surface area contributed by atoms with Crippen LogP contribution in [0, 0.1) is 0 Å².